The van der Waals surface area contributed by atoms with E-state index in [0.29, 0.717) is 25.3 Å². The molecule has 0 aromatic heterocycles. The van der Waals surface area contributed by atoms with Crippen LogP contribution in [-0.2, 0) is 10.9 Å². The molecular weight excluding hydrogens is 255 g/mol. The zero-order valence-electron chi connectivity index (χ0n) is 8.85. The van der Waals surface area contributed by atoms with Crippen molar-refractivity contribution in [3.05, 3.63) is 34.3 Å². The molecule has 1 unspecified atom stereocenters. The van der Waals surface area contributed by atoms with Crippen molar-refractivity contribution in [3.8, 4) is 0 Å². The predicted octanol–water partition coefficient (Wildman–Crippen LogP) is 3.02. The van der Waals surface area contributed by atoms with Crippen molar-refractivity contribution in [2.75, 3.05) is 19.8 Å². The maximum absolute atomic E-state index is 12.6. The molecule has 1 heterocycles. The van der Waals surface area contributed by atoms with Gasteiger partial charge in [0.05, 0.1) is 24.8 Å². The van der Waals surface area contributed by atoms with Crippen LogP contribution in [0, 0.1) is 0 Å². The Morgan fingerprint density at radius 3 is 2.65 bits per heavy atom. The lowest BCUT2D eigenvalue weighted by atomic mass is 10.0. The van der Waals surface area contributed by atoms with Crippen molar-refractivity contribution in [2.24, 2.45) is 0 Å². The number of hydrogen-bond acceptors (Lipinski definition) is 2. The van der Waals surface area contributed by atoms with E-state index >= 15 is 0 Å². The number of hydrogen-bond donors (Lipinski definition) is 1. The summed E-state index contributed by atoms with van der Waals surface area (Å²) in [7, 11) is 0. The van der Waals surface area contributed by atoms with E-state index in [-0.39, 0.29) is 11.1 Å². The molecule has 6 heteroatoms. The van der Waals surface area contributed by atoms with Crippen LogP contribution < -0.4 is 5.32 Å². The summed E-state index contributed by atoms with van der Waals surface area (Å²) < 4.78 is 43.0. The molecule has 1 atom stereocenters. The van der Waals surface area contributed by atoms with Crippen LogP contribution >= 0.6 is 11.6 Å². The Kier molecular flexibility index (Phi) is 3.61. The van der Waals surface area contributed by atoms with E-state index in [4.69, 9.17) is 16.3 Å². The maximum Gasteiger partial charge on any atom is 0.416 e. The van der Waals surface area contributed by atoms with Crippen LogP contribution in [0.1, 0.15) is 17.2 Å². The molecule has 0 saturated carbocycles. The number of morpholine rings is 1. The predicted molar refractivity (Wildman–Crippen MR) is 58.0 cm³/mol. The zero-order valence-corrected chi connectivity index (χ0v) is 9.61. The van der Waals surface area contributed by atoms with Gasteiger partial charge < -0.3 is 10.1 Å². The summed E-state index contributed by atoms with van der Waals surface area (Å²) in [4.78, 5) is 0. The fourth-order valence-corrected chi connectivity index (χ4v) is 2.00. The average Bonchev–Trinajstić information content (AvgIpc) is 2.28. The van der Waals surface area contributed by atoms with Crippen LogP contribution in [0.5, 0.6) is 0 Å². The Bertz CT molecular complexity index is 402. The van der Waals surface area contributed by atoms with E-state index in [1.165, 1.54) is 6.07 Å². The minimum absolute atomic E-state index is 0.0854. The highest BCUT2D eigenvalue weighted by Gasteiger charge is 2.32. The Hall–Kier alpha value is -0.780. The van der Waals surface area contributed by atoms with Gasteiger partial charge in [-0.05, 0) is 23.8 Å². The summed E-state index contributed by atoms with van der Waals surface area (Å²) in [6.45, 7) is 1.55. The van der Waals surface area contributed by atoms with Crippen LogP contribution in [0.4, 0.5) is 13.2 Å². The van der Waals surface area contributed by atoms with Crippen molar-refractivity contribution in [1.82, 2.24) is 5.32 Å². The summed E-state index contributed by atoms with van der Waals surface area (Å²) in [6, 6.07) is 3.33. The number of halogens is 4. The van der Waals surface area contributed by atoms with Crippen molar-refractivity contribution >= 4 is 11.6 Å². The quantitative estimate of drug-likeness (QED) is 0.843. The number of ether oxygens (including phenoxy) is 1. The molecule has 17 heavy (non-hydrogen) atoms. The number of alkyl halides is 3. The van der Waals surface area contributed by atoms with Crippen LogP contribution in [0.15, 0.2) is 18.2 Å². The van der Waals surface area contributed by atoms with Gasteiger partial charge in [0.1, 0.15) is 0 Å². The second-order valence-corrected chi connectivity index (χ2v) is 4.29. The van der Waals surface area contributed by atoms with Gasteiger partial charge >= 0.3 is 6.18 Å². The fraction of sp³-hybridized carbons (Fsp3) is 0.455. The molecule has 2 rings (SSSR count). The molecule has 0 bridgehead atoms. The lowest BCUT2D eigenvalue weighted by Crippen LogP contribution is -2.34. The molecule has 1 aliphatic heterocycles. The van der Waals surface area contributed by atoms with Gasteiger partial charge in [-0.3, -0.25) is 0 Å². The van der Waals surface area contributed by atoms with Gasteiger partial charge in [-0.15, -0.1) is 0 Å². The van der Waals surface area contributed by atoms with Crippen molar-refractivity contribution < 1.29 is 17.9 Å². The SMILES string of the molecule is FC(F)(F)c1cc(Cl)cc(C2COCCN2)c1. The Balaban J connectivity index is 2.31. The molecule has 1 aromatic carbocycles. The Morgan fingerprint density at radius 2 is 2.06 bits per heavy atom. The summed E-state index contributed by atoms with van der Waals surface area (Å²) in [5.41, 5.74) is -0.225. The summed E-state index contributed by atoms with van der Waals surface area (Å²) in [5.74, 6) is 0. The third-order valence-corrected chi connectivity index (χ3v) is 2.79. The summed E-state index contributed by atoms with van der Waals surface area (Å²) in [6.07, 6.45) is -4.38. The first-order valence-corrected chi connectivity index (χ1v) is 5.53. The van der Waals surface area contributed by atoms with Gasteiger partial charge in [0.15, 0.2) is 0 Å². The minimum Gasteiger partial charge on any atom is -0.378 e. The first kappa shape index (κ1) is 12.7. The number of benzene rings is 1. The van der Waals surface area contributed by atoms with Crippen LogP contribution in [0.3, 0.4) is 0 Å². The van der Waals surface area contributed by atoms with Gasteiger partial charge in [0, 0.05) is 11.6 Å². The zero-order chi connectivity index (χ0) is 12.5. The largest absolute Gasteiger partial charge is 0.416 e. The second-order valence-electron chi connectivity index (χ2n) is 3.85. The summed E-state index contributed by atoms with van der Waals surface area (Å²) in [5, 5.41) is 3.18. The fourth-order valence-electron chi connectivity index (χ4n) is 1.76. The lowest BCUT2D eigenvalue weighted by molar-refractivity contribution is -0.137. The number of nitrogens with one attached hydrogen (secondary N) is 1. The molecule has 1 aliphatic rings. The maximum atomic E-state index is 12.6. The molecule has 0 aliphatic carbocycles. The second kappa shape index (κ2) is 4.84. The molecule has 0 spiro atoms. The summed E-state index contributed by atoms with van der Waals surface area (Å²) >= 11 is 5.71. The lowest BCUT2D eigenvalue weighted by Gasteiger charge is -2.25. The van der Waals surface area contributed by atoms with E-state index in [1.807, 2.05) is 0 Å². The minimum atomic E-state index is -4.38. The van der Waals surface area contributed by atoms with Gasteiger partial charge in [-0.2, -0.15) is 13.2 Å². The third-order valence-electron chi connectivity index (χ3n) is 2.57. The molecule has 0 amide bonds. The molecule has 1 fully saturated rings. The van der Waals surface area contributed by atoms with Crippen molar-refractivity contribution in [2.45, 2.75) is 12.2 Å². The third kappa shape index (κ3) is 3.12. The van der Waals surface area contributed by atoms with Gasteiger partial charge in [0.2, 0.25) is 0 Å². The van der Waals surface area contributed by atoms with Gasteiger partial charge in [-0.25, -0.2) is 0 Å². The molecule has 94 valence electrons. The molecule has 2 nitrogen and oxygen atoms in total. The monoisotopic (exact) mass is 265 g/mol. The van der Waals surface area contributed by atoms with Crippen LogP contribution in [0.2, 0.25) is 5.02 Å². The first-order chi connectivity index (χ1) is 7.97. The highest BCUT2D eigenvalue weighted by Crippen LogP contribution is 2.33. The molecule has 0 radical (unpaired) electrons. The highest BCUT2D eigenvalue weighted by atomic mass is 35.5. The molecule has 1 aromatic rings. The first-order valence-electron chi connectivity index (χ1n) is 5.15. The smallest absolute Gasteiger partial charge is 0.378 e. The van der Waals surface area contributed by atoms with E-state index in [9.17, 15) is 13.2 Å². The van der Waals surface area contributed by atoms with Crippen LogP contribution in [0.25, 0.3) is 0 Å². The van der Waals surface area contributed by atoms with Crippen molar-refractivity contribution in [1.29, 1.82) is 0 Å². The van der Waals surface area contributed by atoms with Crippen LogP contribution in [-0.4, -0.2) is 19.8 Å². The van der Waals surface area contributed by atoms with Gasteiger partial charge in [0.25, 0.3) is 0 Å². The topological polar surface area (TPSA) is 21.3 Å². The Labute approximate surface area is 102 Å². The normalized spacial score (nSPS) is 21.5. The highest BCUT2D eigenvalue weighted by molar-refractivity contribution is 6.30. The Morgan fingerprint density at radius 1 is 1.29 bits per heavy atom. The average molecular weight is 266 g/mol. The molecular formula is C11H11ClF3NO. The van der Waals surface area contributed by atoms with E-state index < -0.39 is 11.7 Å². The van der Waals surface area contributed by atoms with E-state index in [2.05, 4.69) is 5.32 Å². The van der Waals surface area contributed by atoms with Gasteiger partial charge in [-0.1, -0.05) is 11.6 Å². The molecule has 1 N–H and O–H groups in total. The van der Waals surface area contributed by atoms with Crippen molar-refractivity contribution in [3.63, 3.8) is 0 Å². The van der Waals surface area contributed by atoms with E-state index in [1.54, 1.807) is 0 Å². The number of rotatable bonds is 1. The molecule has 1 saturated heterocycles. The standard InChI is InChI=1S/C11H11ClF3NO/c12-9-4-7(10-6-17-2-1-16-10)3-8(5-9)11(13,14)15/h3-5,10,16H,1-2,6H2. The van der Waals surface area contributed by atoms with E-state index in [0.717, 1.165) is 12.1 Å².